The zero-order chi connectivity index (χ0) is 23.7. The second kappa shape index (κ2) is 9.50. The molecular formula is C22H14N6O2S4. The number of carbonyl (C=O) groups excluding carboxylic acids is 2. The molecule has 0 bridgehead atoms. The van der Waals surface area contributed by atoms with Crippen LogP contribution in [-0.2, 0) is 9.59 Å². The van der Waals surface area contributed by atoms with Gasteiger partial charge in [0.05, 0.1) is 9.81 Å². The van der Waals surface area contributed by atoms with Crippen molar-refractivity contribution in [3.8, 4) is 0 Å². The quantitative estimate of drug-likeness (QED) is 0.230. The zero-order valence-corrected chi connectivity index (χ0v) is 20.4. The maximum absolute atomic E-state index is 11.5. The van der Waals surface area contributed by atoms with E-state index in [4.69, 9.17) is 24.4 Å². The summed E-state index contributed by atoms with van der Waals surface area (Å²) in [7, 11) is 0. The van der Waals surface area contributed by atoms with E-state index in [9.17, 15) is 9.59 Å². The second-order valence-electron chi connectivity index (χ2n) is 6.99. The van der Waals surface area contributed by atoms with Gasteiger partial charge in [-0.1, -0.05) is 48.0 Å². The first kappa shape index (κ1) is 22.5. The Morgan fingerprint density at radius 1 is 0.735 bits per heavy atom. The van der Waals surface area contributed by atoms with Crippen molar-refractivity contribution >= 4 is 103 Å². The molecule has 2 aliphatic heterocycles. The second-order valence-corrected chi connectivity index (χ2v) is 10.4. The third kappa shape index (κ3) is 4.66. The van der Waals surface area contributed by atoms with Gasteiger partial charge in [-0.15, -0.1) is 0 Å². The van der Waals surface area contributed by atoms with Crippen LogP contribution in [0.15, 0.2) is 58.9 Å². The molecule has 2 aliphatic rings. The number of aromatic amines is 2. The first-order valence-electron chi connectivity index (χ1n) is 9.82. The molecular weight excluding hydrogens is 509 g/mol. The molecule has 2 amide bonds. The average molecular weight is 523 g/mol. The lowest BCUT2D eigenvalue weighted by molar-refractivity contribution is -0.116. The van der Waals surface area contributed by atoms with Crippen molar-refractivity contribution in [2.75, 3.05) is 0 Å². The number of H-pyrrole nitrogens is 2. The van der Waals surface area contributed by atoms with Crippen LogP contribution in [-0.4, -0.2) is 40.4 Å². The molecule has 34 heavy (non-hydrogen) atoms. The fraction of sp³-hybridized carbons (Fsp3) is 0. The van der Waals surface area contributed by atoms with Gasteiger partial charge < -0.3 is 20.6 Å². The molecule has 0 radical (unpaired) electrons. The number of pyridine rings is 2. The van der Waals surface area contributed by atoms with Crippen molar-refractivity contribution in [3.63, 3.8) is 0 Å². The number of rotatable bonds is 2. The lowest BCUT2D eigenvalue weighted by Gasteiger charge is -1.92. The largest absolute Gasteiger partial charge is 0.346 e. The first-order valence-corrected chi connectivity index (χ1v) is 12.3. The molecule has 2 saturated heterocycles. The van der Waals surface area contributed by atoms with Gasteiger partial charge in [-0.05, 0) is 36.4 Å². The summed E-state index contributed by atoms with van der Waals surface area (Å²) in [5.41, 5.74) is 3.50. The van der Waals surface area contributed by atoms with E-state index in [-0.39, 0.29) is 11.8 Å². The van der Waals surface area contributed by atoms with Crippen LogP contribution in [0.25, 0.3) is 34.2 Å². The summed E-state index contributed by atoms with van der Waals surface area (Å²) in [5.74, 6) is -0.281. The molecule has 0 aliphatic carbocycles. The van der Waals surface area contributed by atoms with E-state index < -0.39 is 0 Å². The molecule has 4 N–H and O–H groups in total. The third-order valence-electron chi connectivity index (χ3n) is 4.82. The Morgan fingerprint density at radius 2 is 1.18 bits per heavy atom. The van der Waals surface area contributed by atoms with Crippen LogP contribution in [0, 0.1) is 0 Å². The van der Waals surface area contributed by atoms with Crippen molar-refractivity contribution in [3.05, 3.63) is 70.0 Å². The van der Waals surface area contributed by atoms with Gasteiger partial charge in [-0.3, -0.25) is 9.59 Å². The monoisotopic (exact) mass is 522 g/mol. The molecule has 0 unspecified atom stereocenters. The lowest BCUT2D eigenvalue weighted by Crippen LogP contribution is -2.17. The summed E-state index contributed by atoms with van der Waals surface area (Å²) >= 11 is 12.4. The number of thioether (sulfide) groups is 2. The summed E-state index contributed by atoms with van der Waals surface area (Å²) in [5, 5.41) is 7.16. The number of thiocarbonyl (C=S) groups is 2. The smallest absolute Gasteiger partial charge is 0.263 e. The van der Waals surface area contributed by atoms with E-state index in [0.29, 0.717) is 18.5 Å². The molecule has 4 aromatic heterocycles. The van der Waals surface area contributed by atoms with Gasteiger partial charge in [0.2, 0.25) is 0 Å². The van der Waals surface area contributed by atoms with Crippen molar-refractivity contribution < 1.29 is 9.59 Å². The summed E-state index contributed by atoms with van der Waals surface area (Å²) in [6.07, 6.45) is 10.8. The number of aromatic nitrogens is 4. The highest BCUT2D eigenvalue weighted by Gasteiger charge is 2.23. The molecule has 2 fully saturated rings. The van der Waals surface area contributed by atoms with Crippen molar-refractivity contribution in [2.45, 2.75) is 0 Å². The Morgan fingerprint density at radius 3 is 1.56 bits per heavy atom. The van der Waals surface area contributed by atoms with Gasteiger partial charge in [-0.2, -0.15) is 0 Å². The van der Waals surface area contributed by atoms with Crippen molar-refractivity contribution in [2.24, 2.45) is 0 Å². The fourth-order valence-corrected chi connectivity index (χ4v) is 5.39. The molecule has 6 rings (SSSR count). The molecule has 4 aromatic rings. The maximum atomic E-state index is 11.5. The Labute approximate surface area is 212 Å². The molecule has 0 aromatic carbocycles. The SMILES string of the molecule is O=C1NC(=S)S/C1=C\c1c[nH]c2ncccc12.O=C1NC(=S)S/C1=C\c1c[nH]c2ncccc12. The van der Waals surface area contributed by atoms with Gasteiger partial charge >= 0.3 is 0 Å². The lowest BCUT2D eigenvalue weighted by atomic mass is 10.2. The first-order chi connectivity index (χ1) is 16.5. The molecule has 168 valence electrons. The number of nitrogens with one attached hydrogen (secondary N) is 4. The Balaban J connectivity index is 0.000000142. The minimum atomic E-state index is -0.141. The highest BCUT2D eigenvalue weighted by atomic mass is 32.2. The molecule has 8 nitrogen and oxygen atoms in total. The van der Waals surface area contributed by atoms with Crippen LogP contribution >= 0.6 is 48.0 Å². The molecule has 0 spiro atoms. The van der Waals surface area contributed by atoms with Gasteiger partial charge in [0.1, 0.15) is 19.9 Å². The summed E-state index contributed by atoms with van der Waals surface area (Å²) < 4.78 is 0.999. The number of nitrogens with zero attached hydrogens (tertiary/aromatic N) is 2. The molecule has 0 atom stereocenters. The molecule has 6 heterocycles. The number of hydrogen-bond acceptors (Lipinski definition) is 8. The van der Waals surface area contributed by atoms with Crippen molar-refractivity contribution in [1.82, 2.24) is 30.6 Å². The Kier molecular flexibility index (Phi) is 6.28. The summed E-state index contributed by atoms with van der Waals surface area (Å²) in [6, 6.07) is 7.65. The predicted molar refractivity (Wildman–Crippen MR) is 145 cm³/mol. The van der Waals surface area contributed by atoms with Gasteiger partial charge in [0.15, 0.2) is 0 Å². The number of hydrogen-bond donors (Lipinski definition) is 4. The predicted octanol–water partition coefficient (Wildman–Crippen LogP) is 4.10. The molecule has 0 saturated carbocycles. The van der Waals surface area contributed by atoms with Crippen LogP contribution in [0.5, 0.6) is 0 Å². The van der Waals surface area contributed by atoms with E-state index in [2.05, 4.69) is 30.6 Å². The van der Waals surface area contributed by atoms with Gasteiger partial charge in [0, 0.05) is 46.7 Å². The van der Waals surface area contributed by atoms with Crippen molar-refractivity contribution in [1.29, 1.82) is 0 Å². The van der Waals surface area contributed by atoms with Crippen LogP contribution < -0.4 is 10.6 Å². The Bertz CT molecular complexity index is 1440. The molecule has 12 heteroatoms. The zero-order valence-electron chi connectivity index (χ0n) is 17.1. The van der Waals surface area contributed by atoms with Crippen LogP contribution in [0.4, 0.5) is 0 Å². The minimum absolute atomic E-state index is 0.141. The van der Waals surface area contributed by atoms with E-state index in [1.54, 1.807) is 12.4 Å². The maximum Gasteiger partial charge on any atom is 0.263 e. The topological polar surface area (TPSA) is 116 Å². The number of fused-ring (bicyclic) bond motifs is 2. The van der Waals surface area contributed by atoms with Crippen LogP contribution in [0.1, 0.15) is 11.1 Å². The summed E-state index contributed by atoms with van der Waals surface area (Å²) in [4.78, 5) is 38.8. The fourth-order valence-electron chi connectivity index (χ4n) is 3.32. The Hall–Kier alpha value is -3.32. The van der Waals surface area contributed by atoms with E-state index in [1.165, 1.54) is 23.5 Å². The van der Waals surface area contributed by atoms with Gasteiger partial charge in [0.25, 0.3) is 11.8 Å². The highest BCUT2D eigenvalue weighted by molar-refractivity contribution is 8.27. The minimum Gasteiger partial charge on any atom is -0.346 e. The van der Waals surface area contributed by atoms with Crippen LogP contribution in [0.2, 0.25) is 0 Å². The highest BCUT2D eigenvalue weighted by Crippen LogP contribution is 2.29. The standard InChI is InChI=1S/2C11H7N3OS2/c2*15-10-8(17-11(16)14-10)4-6-5-13-9-7(6)2-1-3-12-9/h2*1-5H,(H,12,13)(H,14,15,16)/b2*8-4-. The van der Waals surface area contributed by atoms with E-state index >= 15 is 0 Å². The normalized spacial score (nSPS) is 18.0. The average Bonchev–Trinajstić information content (AvgIpc) is 3.57. The third-order valence-corrected chi connectivity index (χ3v) is 7.15. The number of amides is 2. The van der Waals surface area contributed by atoms with E-state index in [0.717, 1.165) is 33.2 Å². The number of carbonyl (C=O) groups is 2. The van der Waals surface area contributed by atoms with Crippen LogP contribution in [0.3, 0.4) is 0 Å². The van der Waals surface area contributed by atoms with E-state index in [1.807, 2.05) is 48.8 Å². The summed E-state index contributed by atoms with van der Waals surface area (Å²) in [6.45, 7) is 0. The van der Waals surface area contributed by atoms with Gasteiger partial charge in [-0.25, -0.2) is 9.97 Å².